The summed E-state index contributed by atoms with van der Waals surface area (Å²) in [6.45, 7) is 6.64. The van der Waals surface area contributed by atoms with E-state index in [2.05, 4.69) is 72.5 Å². The van der Waals surface area contributed by atoms with Gasteiger partial charge in [0.25, 0.3) is 0 Å². The highest BCUT2D eigenvalue weighted by Gasteiger charge is 2.00. The number of rotatable bonds is 6. The summed E-state index contributed by atoms with van der Waals surface area (Å²) in [5, 5.41) is 3.14. The normalized spacial score (nSPS) is 11.7. The minimum atomic E-state index is 0.460. The van der Waals surface area contributed by atoms with Crippen LogP contribution in [0.2, 0.25) is 0 Å². The van der Waals surface area contributed by atoms with E-state index >= 15 is 0 Å². The number of hydrogen-bond donors (Lipinski definition) is 2. The fraction of sp³-hybridized carbons (Fsp3) is 0.316. The highest BCUT2D eigenvalue weighted by atomic mass is 15.1. The molecule has 0 spiro atoms. The quantitative estimate of drug-likeness (QED) is 0.636. The van der Waals surface area contributed by atoms with Gasteiger partial charge in [-0.05, 0) is 49.7 Å². The van der Waals surface area contributed by atoms with Gasteiger partial charge in [0.1, 0.15) is 0 Å². The molecule has 0 amide bonds. The summed E-state index contributed by atoms with van der Waals surface area (Å²) < 4.78 is 0. The van der Waals surface area contributed by atoms with E-state index in [9.17, 15) is 0 Å². The van der Waals surface area contributed by atoms with E-state index in [0.29, 0.717) is 12.5 Å². The van der Waals surface area contributed by atoms with Crippen LogP contribution in [0.1, 0.15) is 16.7 Å². The van der Waals surface area contributed by atoms with Gasteiger partial charge in [-0.1, -0.05) is 36.4 Å². The molecular formula is C19H26N4. The number of nitrogens with two attached hydrogens (primary N) is 1. The van der Waals surface area contributed by atoms with Crippen LogP contribution in [0, 0.1) is 13.8 Å². The molecule has 0 aromatic heterocycles. The third-order valence-corrected chi connectivity index (χ3v) is 3.84. The van der Waals surface area contributed by atoms with Crippen molar-refractivity contribution in [2.75, 3.05) is 25.5 Å². The van der Waals surface area contributed by atoms with E-state index in [4.69, 9.17) is 5.73 Å². The highest BCUT2D eigenvalue weighted by molar-refractivity contribution is 5.92. The van der Waals surface area contributed by atoms with Gasteiger partial charge >= 0.3 is 0 Å². The van der Waals surface area contributed by atoms with Gasteiger partial charge in [-0.2, -0.15) is 0 Å². The molecule has 0 unspecified atom stereocenters. The van der Waals surface area contributed by atoms with Crippen molar-refractivity contribution in [3.63, 3.8) is 0 Å². The van der Waals surface area contributed by atoms with Crippen LogP contribution in [0.4, 0.5) is 5.69 Å². The molecule has 0 saturated carbocycles. The number of benzene rings is 2. The SMILES string of the molecule is Cc1ccc(NC(N)=NCCN(C)Cc2ccccc2)cc1C. The van der Waals surface area contributed by atoms with E-state index in [1.165, 1.54) is 16.7 Å². The molecule has 0 aliphatic carbocycles. The van der Waals surface area contributed by atoms with Crippen molar-refractivity contribution in [2.24, 2.45) is 10.7 Å². The Morgan fingerprint density at radius 1 is 1.09 bits per heavy atom. The summed E-state index contributed by atoms with van der Waals surface area (Å²) in [5.41, 5.74) is 10.8. The van der Waals surface area contributed by atoms with Crippen molar-refractivity contribution >= 4 is 11.6 Å². The van der Waals surface area contributed by atoms with Gasteiger partial charge in [0.15, 0.2) is 5.96 Å². The number of hydrogen-bond acceptors (Lipinski definition) is 2. The monoisotopic (exact) mass is 310 g/mol. The Morgan fingerprint density at radius 2 is 1.83 bits per heavy atom. The van der Waals surface area contributed by atoms with Crippen molar-refractivity contribution in [1.82, 2.24) is 4.90 Å². The average molecular weight is 310 g/mol. The minimum Gasteiger partial charge on any atom is -0.370 e. The Hall–Kier alpha value is -2.33. The number of aryl methyl sites for hydroxylation is 2. The molecule has 0 aliphatic heterocycles. The van der Waals surface area contributed by atoms with Crippen molar-refractivity contribution in [3.05, 3.63) is 65.2 Å². The maximum atomic E-state index is 5.95. The summed E-state index contributed by atoms with van der Waals surface area (Å²) in [5.74, 6) is 0.460. The first-order chi connectivity index (χ1) is 11.0. The number of likely N-dealkylation sites (N-methyl/N-ethyl adjacent to an activating group) is 1. The molecule has 0 heterocycles. The van der Waals surface area contributed by atoms with Gasteiger partial charge in [0.05, 0.1) is 6.54 Å². The molecule has 2 aromatic rings. The van der Waals surface area contributed by atoms with Gasteiger partial charge < -0.3 is 16.0 Å². The summed E-state index contributed by atoms with van der Waals surface area (Å²) in [6.07, 6.45) is 0. The number of aliphatic imine (C=N–C) groups is 1. The highest BCUT2D eigenvalue weighted by Crippen LogP contribution is 2.13. The van der Waals surface area contributed by atoms with Gasteiger partial charge in [-0.25, -0.2) is 0 Å². The average Bonchev–Trinajstić information content (AvgIpc) is 2.52. The molecule has 3 N–H and O–H groups in total. The van der Waals surface area contributed by atoms with Crippen LogP contribution in [0.25, 0.3) is 0 Å². The Kier molecular flexibility index (Phi) is 6.18. The van der Waals surface area contributed by atoms with Crippen LogP contribution in [0.5, 0.6) is 0 Å². The predicted octanol–water partition coefficient (Wildman–Crippen LogP) is 3.16. The first-order valence-electron chi connectivity index (χ1n) is 7.91. The van der Waals surface area contributed by atoms with E-state index in [1.807, 2.05) is 12.1 Å². The van der Waals surface area contributed by atoms with E-state index in [1.54, 1.807) is 0 Å². The minimum absolute atomic E-state index is 0.460. The van der Waals surface area contributed by atoms with Crippen LogP contribution < -0.4 is 11.1 Å². The Bertz CT molecular complexity index is 650. The maximum Gasteiger partial charge on any atom is 0.193 e. The topological polar surface area (TPSA) is 53.6 Å². The van der Waals surface area contributed by atoms with E-state index in [0.717, 1.165) is 18.8 Å². The molecule has 23 heavy (non-hydrogen) atoms. The maximum absolute atomic E-state index is 5.95. The largest absolute Gasteiger partial charge is 0.370 e. The molecule has 0 aliphatic rings. The molecule has 0 fully saturated rings. The second kappa shape index (κ2) is 8.34. The van der Waals surface area contributed by atoms with Gasteiger partial charge in [-0.3, -0.25) is 4.99 Å². The fourth-order valence-corrected chi connectivity index (χ4v) is 2.32. The van der Waals surface area contributed by atoms with E-state index < -0.39 is 0 Å². The summed E-state index contributed by atoms with van der Waals surface area (Å²) in [4.78, 5) is 6.63. The zero-order valence-electron chi connectivity index (χ0n) is 14.2. The molecular weight excluding hydrogens is 284 g/mol. The Balaban J connectivity index is 1.79. The van der Waals surface area contributed by atoms with Gasteiger partial charge in [0, 0.05) is 18.8 Å². The van der Waals surface area contributed by atoms with Crippen LogP contribution in [0.3, 0.4) is 0 Å². The van der Waals surface area contributed by atoms with Crippen LogP contribution >= 0.6 is 0 Å². The summed E-state index contributed by atoms with van der Waals surface area (Å²) in [7, 11) is 2.09. The Morgan fingerprint density at radius 3 is 2.52 bits per heavy atom. The molecule has 0 bridgehead atoms. The lowest BCUT2D eigenvalue weighted by molar-refractivity contribution is 0.336. The lowest BCUT2D eigenvalue weighted by Gasteiger charge is -2.15. The standard InChI is InChI=1S/C19H26N4/c1-15-9-10-18(13-16(15)2)22-19(20)21-11-12-23(3)14-17-7-5-4-6-8-17/h4-10,13H,11-12,14H2,1-3H3,(H3,20,21,22). The molecule has 4 nitrogen and oxygen atoms in total. The zero-order valence-corrected chi connectivity index (χ0v) is 14.2. The van der Waals surface area contributed by atoms with Crippen LogP contribution in [0.15, 0.2) is 53.5 Å². The second-order valence-corrected chi connectivity index (χ2v) is 5.91. The smallest absolute Gasteiger partial charge is 0.193 e. The second-order valence-electron chi connectivity index (χ2n) is 5.91. The molecule has 122 valence electrons. The summed E-state index contributed by atoms with van der Waals surface area (Å²) in [6, 6.07) is 16.6. The first kappa shape index (κ1) is 17.0. The fourth-order valence-electron chi connectivity index (χ4n) is 2.32. The van der Waals surface area contributed by atoms with Crippen LogP contribution in [-0.4, -0.2) is 31.0 Å². The van der Waals surface area contributed by atoms with Crippen molar-refractivity contribution < 1.29 is 0 Å². The third-order valence-electron chi connectivity index (χ3n) is 3.84. The number of anilines is 1. The lowest BCUT2D eigenvalue weighted by Crippen LogP contribution is -2.26. The zero-order chi connectivity index (χ0) is 16.7. The molecule has 2 rings (SSSR count). The summed E-state index contributed by atoms with van der Waals surface area (Å²) >= 11 is 0. The molecule has 4 heteroatoms. The predicted molar refractivity (Wildman–Crippen MR) is 98.8 cm³/mol. The van der Waals surface area contributed by atoms with Gasteiger partial charge in [-0.15, -0.1) is 0 Å². The lowest BCUT2D eigenvalue weighted by atomic mass is 10.1. The third kappa shape index (κ3) is 5.75. The molecule has 0 radical (unpaired) electrons. The van der Waals surface area contributed by atoms with Crippen molar-refractivity contribution in [2.45, 2.75) is 20.4 Å². The number of nitrogens with zero attached hydrogens (tertiary/aromatic N) is 2. The van der Waals surface area contributed by atoms with Crippen LogP contribution in [-0.2, 0) is 6.54 Å². The molecule has 0 saturated heterocycles. The van der Waals surface area contributed by atoms with Gasteiger partial charge in [0.2, 0.25) is 0 Å². The first-order valence-corrected chi connectivity index (χ1v) is 7.91. The number of guanidine groups is 1. The number of nitrogens with one attached hydrogen (secondary N) is 1. The molecule has 2 aromatic carbocycles. The Labute approximate surface area is 139 Å². The van der Waals surface area contributed by atoms with Crippen molar-refractivity contribution in [3.8, 4) is 0 Å². The van der Waals surface area contributed by atoms with E-state index in [-0.39, 0.29) is 0 Å². The molecule has 0 atom stereocenters. The van der Waals surface area contributed by atoms with Crippen molar-refractivity contribution in [1.29, 1.82) is 0 Å².